The second-order valence-corrected chi connectivity index (χ2v) is 5.92. The lowest BCUT2D eigenvalue weighted by molar-refractivity contribution is 0.472. The number of hydrogen-bond donors (Lipinski definition) is 1. The Bertz CT molecular complexity index is 528. The normalized spacial score (nSPS) is 16.7. The maximum absolute atomic E-state index is 11.4. The summed E-state index contributed by atoms with van der Waals surface area (Å²) in [6, 6.07) is 0. The molecule has 0 saturated heterocycles. The molecule has 0 spiro atoms. The monoisotopic (exact) mass is 267 g/mol. The second-order valence-electron chi connectivity index (χ2n) is 5.54. The molecule has 1 N–H and O–H groups in total. The van der Waals surface area contributed by atoms with Crippen molar-refractivity contribution in [3.63, 3.8) is 0 Å². The van der Waals surface area contributed by atoms with Crippen molar-refractivity contribution in [3.8, 4) is 0 Å². The van der Waals surface area contributed by atoms with E-state index in [1.54, 1.807) is 0 Å². The van der Waals surface area contributed by atoms with Gasteiger partial charge in [0.05, 0.1) is 6.33 Å². The standard InChI is InChI=1S/C13H18ClN3O/c1-13(2,3)9-4-6-17(7-5-9)11-10(14)12(18)16-8-15-11/h4,8H,5-7H2,1-3H3,(H,15,16,18). The zero-order chi connectivity index (χ0) is 13.3. The summed E-state index contributed by atoms with van der Waals surface area (Å²) < 4.78 is 0. The van der Waals surface area contributed by atoms with Crippen molar-refractivity contribution in [2.45, 2.75) is 27.2 Å². The Kier molecular flexibility index (Phi) is 3.48. The maximum Gasteiger partial charge on any atom is 0.271 e. The smallest absolute Gasteiger partial charge is 0.271 e. The molecule has 0 aromatic carbocycles. The third kappa shape index (κ3) is 2.58. The van der Waals surface area contributed by atoms with Gasteiger partial charge in [-0.2, -0.15) is 0 Å². The van der Waals surface area contributed by atoms with Gasteiger partial charge in [-0.3, -0.25) is 4.79 Å². The van der Waals surface area contributed by atoms with E-state index in [-0.39, 0.29) is 16.0 Å². The maximum atomic E-state index is 11.4. The zero-order valence-electron chi connectivity index (χ0n) is 11.0. The van der Waals surface area contributed by atoms with Crippen molar-refractivity contribution >= 4 is 17.4 Å². The SMILES string of the molecule is CC(C)(C)C1=CCN(c2nc[nH]c(=O)c2Cl)CC1. The number of H-pyrrole nitrogens is 1. The van der Waals surface area contributed by atoms with E-state index in [1.807, 2.05) is 4.90 Å². The van der Waals surface area contributed by atoms with Crippen molar-refractivity contribution in [1.82, 2.24) is 9.97 Å². The van der Waals surface area contributed by atoms with Gasteiger partial charge in [-0.25, -0.2) is 4.98 Å². The minimum absolute atomic E-state index is 0.171. The molecule has 2 heterocycles. The fourth-order valence-electron chi connectivity index (χ4n) is 2.14. The Hall–Kier alpha value is -1.29. The lowest BCUT2D eigenvalue weighted by atomic mass is 9.83. The van der Waals surface area contributed by atoms with Gasteiger partial charge >= 0.3 is 0 Å². The fraction of sp³-hybridized carbons (Fsp3) is 0.538. The van der Waals surface area contributed by atoms with Crippen molar-refractivity contribution in [1.29, 1.82) is 0 Å². The first-order valence-electron chi connectivity index (χ1n) is 6.07. The molecule has 4 nitrogen and oxygen atoms in total. The van der Waals surface area contributed by atoms with Crippen LogP contribution in [0, 0.1) is 5.41 Å². The molecule has 0 saturated carbocycles. The molecule has 1 aromatic rings. The minimum atomic E-state index is -0.285. The summed E-state index contributed by atoms with van der Waals surface area (Å²) in [6.07, 6.45) is 4.59. The van der Waals surface area contributed by atoms with Crippen LogP contribution in [0.5, 0.6) is 0 Å². The lowest BCUT2D eigenvalue weighted by Crippen LogP contribution is -2.33. The Labute approximate surface area is 112 Å². The van der Waals surface area contributed by atoms with Crippen LogP contribution in [0.15, 0.2) is 22.8 Å². The minimum Gasteiger partial charge on any atom is -0.351 e. The molecule has 0 amide bonds. The van der Waals surface area contributed by atoms with Gasteiger partial charge in [0.25, 0.3) is 5.56 Å². The van der Waals surface area contributed by atoms with Crippen molar-refractivity contribution < 1.29 is 0 Å². The quantitative estimate of drug-likeness (QED) is 0.796. The van der Waals surface area contributed by atoms with Crippen molar-refractivity contribution in [3.05, 3.63) is 33.4 Å². The third-order valence-electron chi connectivity index (χ3n) is 3.25. The highest BCUT2D eigenvalue weighted by Gasteiger charge is 2.23. The van der Waals surface area contributed by atoms with E-state index in [2.05, 4.69) is 36.8 Å². The predicted molar refractivity (Wildman–Crippen MR) is 74.2 cm³/mol. The molecule has 2 rings (SSSR count). The van der Waals surface area contributed by atoms with E-state index in [0.717, 1.165) is 19.5 Å². The van der Waals surface area contributed by atoms with E-state index in [9.17, 15) is 4.79 Å². The average Bonchev–Trinajstić information content (AvgIpc) is 2.32. The molecular weight excluding hydrogens is 250 g/mol. The Balaban J connectivity index is 2.22. The largest absolute Gasteiger partial charge is 0.351 e. The number of halogens is 1. The van der Waals surface area contributed by atoms with Gasteiger partial charge in [0.15, 0.2) is 5.82 Å². The molecule has 0 atom stereocenters. The number of aromatic nitrogens is 2. The van der Waals surface area contributed by atoms with Crippen LogP contribution in [0.4, 0.5) is 5.82 Å². The van der Waals surface area contributed by atoms with Gasteiger partial charge in [-0.05, 0) is 11.8 Å². The van der Waals surface area contributed by atoms with Crippen LogP contribution in [0.25, 0.3) is 0 Å². The molecule has 5 heteroatoms. The second kappa shape index (κ2) is 4.76. The van der Waals surface area contributed by atoms with Crippen LogP contribution >= 0.6 is 11.6 Å². The van der Waals surface area contributed by atoms with E-state index in [0.29, 0.717) is 5.82 Å². The Morgan fingerprint density at radius 1 is 1.44 bits per heavy atom. The van der Waals surface area contributed by atoms with E-state index in [1.165, 1.54) is 11.9 Å². The Morgan fingerprint density at radius 3 is 2.72 bits per heavy atom. The number of nitrogens with one attached hydrogen (secondary N) is 1. The Morgan fingerprint density at radius 2 is 2.17 bits per heavy atom. The lowest BCUT2D eigenvalue weighted by Gasteiger charge is -2.32. The summed E-state index contributed by atoms with van der Waals surface area (Å²) in [5, 5.41) is 0.171. The van der Waals surface area contributed by atoms with Crippen LogP contribution < -0.4 is 10.5 Å². The van der Waals surface area contributed by atoms with Gasteiger partial charge in [0.2, 0.25) is 0 Å². The molecule has 0 fully saturated rings. The molecule has 1 aliphatic rings. The van der Waals surface area contributed by atoms with Crippen LogP contribution in [0.3, 0.4) is 0 Å². The number of hydrogen-bond acceptors (Lipinski definition) is 3. The van der Waals surface area contributed by atoms with E-state index < -0.39 is 0 Å². The van der Waals surface area contributed by atoms with Gasteiger partial charge in [0, 0.05) is 13.1 Å². The molecule has 1 aliphatic heterocycles. The van der Waals surface area contributed by atoms with Gasteiger partial charge in [0.1, 0.15) is 5.02 Å². The van der Waals surface area contributed by atoms with Crippen molar-refractivity contribution in [2.24, 2.45) is 5.41 Å². The first-order valence-corrected chi connectivity index (χ1v) is 6.45. The summed E-state index contributed by atoms with van der Waals surface area (Å²) in [6.45, 7) is 8.24. The van der Waals surface area contributed by atoms with Crippen LogP contribution in [0.2, 0.25) is 5.02 Å². The van der Waals surface area contributed by atoms with Crippen LogP contribution in [-0.4, -0.2) is 23.1 Å². The number of aromatic amines is 1. The van der Waals surface area contributed by atoms with Gasteiger partial charge < -0.3 is 9.88 Å². The van der Waals surface area contributed by atoms with Crippen molar-refractivity contribution in [2.75, 3.05) is 18.0 Å². The summed E-state index contributed by atoms with van der Waals surface area (Å²) in [5.41, 5.74) is 1.37. The first kappa shape index (κ1) is 13.1. The van der Waals surface area contributed by atoms with Crippen LogP contribution in [0.1, 0.15) is 27.2 Å². The van der Waals surface area contributed by atoms with Crippen LogP contribution in [-0.2, 0) is 0 Å². The number of anilines is 1. The molecule has 0 radical (unpaired) electrons. The highest BCUT2D eigenvalue weighted by molar-refractivity contribution is 6.32. The van der Waals surface area contributed by atoms with Gasteiger partial charge in [-0.15, -0.1) is 0 Å². The summed E-state index contributed by atoms with van der Waals surface area (Å²) in [5.74, 6) is 0.574. The predicted octanol–water partition coefficient (Wildman–Crippen LogP) is 2.61. The van der Waals surface area contributed by atoms with E-state index in [4.69, 9.17) is 11.6 Å². The summed E-state index contributed by atoms with van der Waals surface area (Å²) in [4.78, 5) is 20.1. The molecule has 0 aliphatic carbocycles. The van der Waals surface area contributed by atoms with E-state index >= 15 is 0 Å². The molecule has 18 heavy (non-hydrogen) atoms. The summed E-state index contributed by atoms with van der Waals surface area (Å²) >= 11 is 5.98. The summed E-state index contributed by atoms with van der Waals surface area (Å²) in [7, 11) is 0. The molecule has 1 aromatic heterocycles. The fourth-order valence-corrected chi connectivity index (χ4v) is 2.36. The number of nitrogens with zero attached hydrogens (tertiary/aromatic N) is 2. The highest BCUT2D eigenvalue weighted by atomic mass is 35.5. The zero-order valence-corrected chi connectivity index (χ0v) is 11.7. The third-order valence-corrected chi connectivity index (χ3v) is 3.59. The molecule has 0 unspecified atom stereocenters. The number of rotatable bonds is 1. The first-order chi connectivity index (χ1) is 8.39. The highest BCUT2D eigenvalue weighted by Crippen LogP contribution is 2.31. The van der Waals surface area contributed by atoms with Gasteiger partial charge in [-0.1, -0.05) is 44.0 Å². The molecule has 98 valence electrons. The molecule has 0 bridgehead atoms. The topological polar surface area (TPSA) is 49.0 Å². The molecular formula is C13H18ClN3O. The average molecular weight is 268 g/mol.